The highest BCUT2D eigenvalue weighted by Gasteiger charge is 2.24. The highest BCUT2D eigenvalue weighted by Crippen LogP contribution is 2.37. The van der Waals surface area contributed by atoms with Gasteiger partial charge in [-0.05, 0) is 48.4 Å². The first-order valence-corrected chi connectivity index (χ1v) is 7.32. The highest BCUT2D eigenvalue weighted by molar-refractivity contribution is 5.94. The Morgan fingerprint density at radius 2 is 1.95 bits per heavy atom. The Balaban J connectivity index is 1.99. The van der Waals surface area contributed by atoms with Crippen LogP contribution in [0.1, 0.15) is 54.7 Å². The molecular weight excluding hydrogens is 236 g/mol. The summed E-state index contributed by atoms with van der Waals surface area (Å²) in [5.41, 5.74) is 5.11. The normalized spacial score (nSPS) is 20.1. The molecule has 3 nitrogen and oxygen atoms in total. The fraction of sp³-hybridized carbons (Fsp3) is 0.562. The van der Waals surface area contributed by atoms with Crippen molar-refractivity contribution in [2.24, 2.45) is 0 Å². The summed E-state index contributed by atoms with van der Waals surface area (Å²) >= 11 is 0. The van der Waals surface area contributed by atoms with E-state index in [9.17, 15) is 4.79 Å². The van der Waals surface area contributed by atoms with E-state index >= 15 is 0 Å². The van der Waals surface area contributed by atoms with Crippen LogP contribution in [0.25, 0.3) is 0 Å². The Hall–Kier alpha value is -1.51. The van der Waals surface area contributed by atoms with Crippen molar-refractivity contribution in [2.45, 2.75) is 51.5 Å². The number of rotatable bonds is 1. The molecule has 0 spiro atoms. The van der Waals surface area contributed by atoms with Gasteiger partial charge in [-0.3, -0.25) is 4.90 Å². The molecule has 19 heavy (non-hydrogen) atoms. The number of fused-ring (bicyclic) bond motifs is 1. The van der Waals surface area contributed by atoms with E-state index in [1.807, 2.05) is 7.05 Å². The van der Waals surface area contributed by atoms with Crippen LogP contribution in [0, 0.1) is 6.92 Å². The molecular formula is C16H22N2O. The topological polar surface area (TPSA) is 32.3 Å². The summed E-state index contributed by atoms with van der Waals surface area (Å²) in [6, 6.07) is 4.59. The Kier molecular flexibility index (Phi) is 3.21. The molecule has 1 aromatic carbocycles. The van der Waals surface area contributed by atoms with Gasteiger partial charge in [-0.1, -0.05) is 25.3 Å². The number of urea groups is 1. The number of aryl methyl sites for hydroxylation is 1. The highest BCUT2D eigenvalue weighted by atomic mass is 16.2. The Morgan fingerprint density at radius 1 is 1.21 bits per heavy atom. The molecule has 1 aliphatic heterocycles. The molecule has 0 bridgehead atoms. The van der Waals surface area contributed by atoms with Gasteiger partial charge in [0.05, 0.1) is 5.69 Å². The van der Waals surface area contributed by atoms with Crippen LogP contribution in [0.5, 0.6) is 0 Å². The Bertz CT molecular complexity index is 504. The van der Waals surface area contributed by atoms with Crippen LogP contribution < -0.4 is 10.2 Å². The molecule has 1 aliphatic carbocycles. The number of anilines is 1. The van der Waals surface area contributed by atoms with Crippen LogP contribution in [0.4, 0.5) is 10.5 Å². The zero-order chi connectivity index (χ0) is 13.4. The summed E-state index contributed by atoms with van der Waals surface area (Å²) in [6.07, 6.45) is 6.67. The number of nitrogens with zero attached hydrogens (tertiary/aromatic N) is 1. The Labute approximate surface area is 115 Å². The second-order valence-corrected chi connectivity index (χ2v) is 5.89. The van der Waals surface area contributed by atoms with Crippen molar-refractivity contribution in [3.63, 3.8) is 0 Å². The van der Waals surface area contributed by atoms with Crippen molar-refractivity contribution in [1.29, 1.82) is 0 Å². The average Bonchev–Trinajstić information content (AvgIpc) is 2.44. The van der Waals surface area contributed by atoms with Gasteiger partial charge in [-0.2, -0.15) is 0 Å². The summed E-state index contributed by atoms with van der Waals surface area (Å²) in [7, 11) is 1.86. The van der Waals surface area contributed by atoms with E-state index in [0.717, 1.165) is 5.69 Å². The second kappa shape index (κ2) is 4.87. The van der Waals surface area contributed by atoms with Crippen molar-refractivity contribution < 1.29 is 4.79 Å². The summed E-state index contributed by atoms with van der Waals surface area (Å²) in [5, 5.41) is 2.91. The monoisotopic (exact) mass is 258 g/mol. The molecule has 0 saturated heterocycles. The molecule has 1 saturated carbocycles. The molecule has 3 heteroatoms. The van der Waals surface area contributed by atoms with Gasteiger partial charge in [0, 0.05) is 13.6 Å². The van der Waals surface area contributed by atoms with Gasteiger partial charge in [0.2, 0.25) is 0 Å². The second-order valence-electron chi connectivity index (χ2n) is 5.89. The largest absolute Gasteiger partial charge is 0.334 e. The first-order chi connectivity index (χ1) is 9.16. The minimum atomic E-state index is 0.00712. The maximum atomic E-state index is 11.8. The van der Waals surface area contributed by atoms with Gasteiger partial charge < -0.3 is 5.32 Å². The third-order valence-electron chi connectivity index (χ3n) is 4.63. The lowest BCUT2D eigenvalue weighted by atomic mass is 9.82. The van der Waals surface area contributed by atoms with E-state index in [-0.39, 0.29) is 6.03 Å². The predicted octanol–water partition coefficient (Wildman–Crippen LogP) is 3.70. The van der Waals surface area contributed by atoms with Gasteiger partial charge in [0.15, 0.2) is 0 Å². The smallest absolute Gasteiger partial charge is 0.321 e. The van der Waals surface area contributed by atoms with Crippen LogP contribution in [-0.4, -0.2) is 13.1 Å². The van der Waals surface area contributed by atoms with Crippen molar-refractivity contribution in [3.05, 3.63) is 28.8 Å². The van der Waals surface area contributed by atoms with Crippen molar-refractivity contribution in [2.75, 3.05) is 11.9 Å². The first kappa shape index (κ1) is 12.5. The standard InChI is InChI=1S/C16H22N2O/c1-11-8-13(12-6-4-3-5-7-12)9-15-14(11)10-17-16(19)18(15)2/h8-9,12H,3-7,10H2,1-2H3,(H,17,19). The lowest BCUT2D eigenvalue weighted by Gasteiger charge is -2.30. The minimum Gasteiger partial charge on any atom is -0.334 e. The molecule has 1 N–H and O–H groups in total. The number of amides is 2. The fourth-order valence-corrected chi connectivity index (χ4v) is 3.42. The van der Waals surface area contributed by atoms with E-state index in [2.05, 4.69) is 24.4 Å². The SMILES string of the molecule is Cc1cc(C2CCCCC2)cc2c1CNC(=O)N2C. The number of hydrogen-bond acceptors (Lipinski definition) is 1. The molecule has 102 valence electrons. The van der Waals surface area contributed by atoms with Gasteiger partial charge >= 0.3 is 6.03 Å². The van der Waals surface area contributed by atoms with Crippen molar-refractivity contribution in [1.82, 2.24) is 5.32 Å². The molecule has 3 rings (SSSR count). The van der Waals surface area contributed by atoms with Crippen molar-refractivity contribution >= 4 is 11.7 Å². The summed E-state index contributed by atoms with van der Waals surface area (Å²) in [5.74, 6) is 0.691. The van der Waals surface area contributed by atoms with Gasteiger partial charge in [0.1, 0.15) is 0 Å². The van der Waals surface area contributed by atoms with E-state index < -0.39 is 0 Å². The van der Waals surface area contributed by atoms with E-state index in [1.165, 1.54) is 48.8 Å². The molecule has 1 heterocycles. The summed E-state index contributed by atoms with van der Waals surface area (Å²) < 4.78 is 0. The molecule has 1 fully saturated rings. The Morgan fingerprint density at radius 3 is 2.68 bits per heavy atom. The minimum absolute atomic E-state index is 0.00712. The quantitative estimate of drug-likeness (QED) is 0.818. The van der Waals surface area contributed by atoms with E-state index in [0.29, 0.717) is 12.5 Å². The maximum absolute atomic E-state index is 11.8. The first-order valence-electron chi connectivity index (χ1n) is 7.32. The van der Waals surface area contributed by atoms with Gasteiger partial charge in [0.25, 0.3) is 0 Å². The van der Waals surface area contributed by atoms with E-state index in [4.69, 9.17) is 0 Å². The molecule has 0 radical (unpaired) electrons. The van der Waals surface area contributed by atoms with Crippen LogP contribution in [0.3, 0.4) is 0 Å². The number of hydrogen-bond donors (Lipinski definition) is 1. The number of nitrogens with one attached hydrogen (secondary N) is 1. The zero-order valence-electron chi connectivity index (χ0n) is 11.8. The summed E-state index contributed by atoms with van der Waals surface area (Å²) in [6.45, 7) is 2.83. The van der Waals surface area contributed by atoms with Gasteiger partial charge in [-0.25, -0.2) is 4.79 Å². The van der Waals surface area contributed by atoms with Crippen LogP contribution in [0.2, 0.25) is 0 Å². The van der Waals surface area contributed by atoms with Crippen LogP contribution in [0.15, 0.2) is 12.1 Å². The number of carbonyl (C=O) groups excluding carboxylic acids is 1. The third kappa shape index (κ3) is 2.22. The molecule has 0 atom stereocenters. The van der Waals surface area contributed by atoms with Crippen molar-refractivity contribution in [3.8, 4) is 0 Å². The molecule has 2 amide bonds. The number of carbonyl (C=O) groups is 1. The van der Waals surface area contributed by atoms with Crippen LogP contribution >= 0.6 is 0 Å². The van der Waals surface area contributed by atoms with E-state index in [1.54, 1.807) is 4.90 Å². The lowest BCUT2D eigenvalue weighted by molar-refractivity contribution is 0.246. The van der Waals surface area contributed by atoms with Crippen LogP contribution in [-0.2, 0) is 6.54 Å². The maximum Gasteiger partial charge on any atom is 0.321 e. The lowest BCUT2D eigenvalue weighted by Crippen LogP contribution is -2.42. The number of benzene rings is 1. The molecule has 0 aromatic heterocycles. The molecule has 0 unspecified atom stereocenters. The average molecular weight is 258 g/mol. The van der Waals surface area contributed by atoms with Gasteiger partial charge in [-0.15, -0.1) is 0 Å². The molecule has 2 aliphatic rings. The molecule has 1 aromatic rings. The fourth-order valence-electron chi connectivity index (χ4n) is 3.42. The third-order valence-corrected chi connectivity index (χ3v) is 4.63. The predicted molar refractivity (Wildman–Crippen MR) is 77.6 cm³/mol. The zero-order valence-corrected chi connectivity index (χ0v) is 11.8. The summed E-state index contributed by atoms with van der Waals surface area (Å²) in [4.78, 5) is 13.5.